The largest absolute Gasteiger partial charge is 0.488 e. The Labute approximate surface area is 134 Å². The molecule has 0 atom stereocenters. The van der Waals surface area contributed by atoms with E-state index in [1.807, 2.05) is 0 Å². The second kappa shape index (κ2) is 6.65. The maximum absolute atomic E-state index is 12.4. The molecule has 0 unspecified atom stereocenters. The van der Waals surface area contributed by atoms with Crippen LogP contribution in [0.4, 0.5) is 3.89 Å². The van der Waals surface area contributed by atoms with Gasteiger partial charge in [-0.25, -0.2) is 8.42 Å². The summed E-state index contributed by atoms with van der Waals surface area (Å²) in [4.78, 5) is 0.172. The van der Waals surface area contributed by atoms with E-state index in [0.717, 1.165) is 4.31 Å². The van der Waals surface area contributed by atoms with Crippen LogP contribution in [0.5, 0.6) is 5.75 Å². The van der Waals surface area contributed by atoms with E-state index in [2.05, 4.69) is 4.18 Å². The maximum atomic E-state index is 12.4. The molecule has 23 heavy (non-hydrogen) atoms. The Morgan fingerprint density at radius 2 is 1.52 bits per heavy atom. The highest BCUT2D eigenvalue weighted by Gasteiger charge is 2.20. The van der Waals surface area contributed by atoms with Crippen molar-refractivity contribution in [3.63, 3.8) is 0 Å². The number of sulfonamides is 1. The number of nitrogens with zero attached hydrogens (tertiary/aromatic N) is 1. The lowest BCUT2D eigenvalue weighted by Crippen LogP contribution is -2.26. The van der Waals surface area contributed by atoms with Crippen molar-refractivity contribution in [2.24, 2.45) is 0 Å². The fourth-order valence-corrected chi connectivity index (χ4v) is 3.40. The van der Waals surface area contributed by atoms with Gasteiger partial charge in [0, 0.05) is 13.6 Å². The highest BCUT2D eigenvalue weighted by atomic mass is 32.3. The molecule has 124 valence electrons. The first-order valence-electron chi connectivity index (χ1n) is 6.43. The van der Waals surface area contributed by atoms with Gasteiger partial charge in [-0.2, -0.15) is 12.7 Å². The van der Waals surface area contributed by atoms with Crippen LogP contribution in [0, 0.1) is 0 Å². The van der Waals surface area contributed by atoms with E-state index in [1.54, 1.807) is 18.2 Å². The SMILES string of the molecule is CN(Cc1ccc(OS(=O)(=O)F)cc1)S(=O)(=O)c1ccccc1. The first kappa shape index (κ1) is 17.4. The Hall–Kier alpha value is -1.97. The summed E-state index contributed by atoms with van der Waals surface area (Å²) in [6.07, 6.45) is 0. The summed E-state index contributed by atoms with van der Waals surface area (Å²) in [6, 6.07) is 13.4. The van der Waals surface area contributed by atoms with Crippen LogP contribution in [0.15, 0.2) is 59.5 Å². The van der Waals surface area contributed by atoms with Crippen molar-refractivity contribution >= 4 is 20.5 Å². The van der Waals surface area contributed by atoms with Gasteiger partial charge in [0.25, 0.3) is 0 Å². The van der Waals surface area contributed by atoms with Gasteiger partial charge in [-0.3, -0.25) is 0 Å². The third-order valence-corrected chi connectivity index (χ3v) is 5.18. The Balaban J connectivity index is 2.13. The molecule has 0 aromatic heterocycles. The van der Waals surface area contributed by atoms with Gasteiger partial charge in [0.1, 0.15) is 5.75 Å². The topological polar surface area (TPSA) is 80.8 Å². The minimum absolute atomic E-state index is 0.0693. The van der Waals surface area contributed by atoms with Crippen LogP contribution in [0.3, 0.4) is 0 Å². The standard InChI is InChI=1S/C14H14FNO5S2/c1-16(22(17,18)14-5-3-2-4-6-14)11-12-7-9-13(10-8-12)21-23(15,19)20/h2-10H,11H2,1H3. The van der Waals surface area contributed by atoms with E-state index >= 15 is 0 Å². The zero-order chi connectivity index (χ0) is 17.1. The normalized spacial score (nSPS) is 12.3. The van der Waals surface area contributed by atoms with E-state index < -0.39 is 20.5 Å². The van der Waals surface area contributed by atoms with Gasteiger partial charge in [0.15, 0.2) is 0 Å². The molecule has 2 aromatic rings. The molecule has 0 radical (unpaired) electrons. The van der Waals surface area contributed by atoms with Gasteiger partial charge in [0.2, 0.25) is 10.0 Å². The van der Waals surface area contributed by atoms with Crippen LogP contribution in [0.1, 0.15) is 5.56 Å². The maximum Gasteiger partial charge on any atom is 0.488 e. The smallest absolute Gasteiger partial charge is 0.358 e. The summed E-state index contributed by atoms with van der Waals surface area (Å²) in [6.45, 7) is 0.0693. The van der Waals surface area contributed by atoms with E-state index in [9.17, 15) is 20.7 Å². The van der Waals surface area contributed by atoms with Crippen LogP contribution in [0.2, 0.25) is 0 Å². The fourth-order valence-electron chi connectivity index (χ4n) is 1.88. The van der Waals surface area contributed by atoms with Crippen molar-refractivity contribution in [1.82, 2.24) is 4.31 Å². The van der Waals surface area contributed by atoms with Gasteiger partial charge in [-0.1, -0.05) is 34.2 Å². The molecule has 2 rings (SSSR count). The molecular formula is C14H14FNO5S2. The second-order valence-electron chi connectivity index (χ2n) is 4.69. The van der Waals surface area contributed by atoms with Crippen LogP contribution >= 0.6 is 0 Å². The van der Waals surface area contributed by atoms with Gasteiger partial charge in [0.05, 0.1) is 4.90 Å². The third kappa shape index (κ3) is 4.75. The fraction of sp³-hybridized carbons (Fsp3) is 0.143. The highest BCUT2D eigenvalue weighted by Crippen LogP contribution is 2.19. The van der Waals surface area contributed by atoms with E-state index in [-0.39, 0.29) is 17.2 Å². The van der Waals surface area contributed by atoms with Crippen LogP contribution in [-0.2, 0) is 27.1 Å². The lowest BCUT2D eigenvalue weighted by atomic mass is 10.2. The first-order valence-corrected chi connectivity index (χ1v) is 9.18. The van der Waals surface area contributed by atoms with Gasteiger partial charge in [-0.15, -0.1) is 0 Å². The molecule has 0 heterocycles. The van der Waals surface area contributed by atoms with E-state index in [4.69, 9.17) is 0 Å². The van der Waals surface area contributed by atoms with Crippen molar-refractivity contribution in [1.29, 1.82) is 0 Å². The van der Waals surface area contributed by atoms with Crippen molar-refractivity contribution in [2.75, 3.05) is 7.05 Å². The predicted octanol–water partition coefficient (Wildman–Crippen LogP) is 2.10. The van der Waals surface area contributed by atoms with E-state index in [0.29, 0.717) is 5.56 Å². The first-order chi connectivity index (χ1) is 10.7. The molecule has 0 saturated carbocycles. The number of hydrogen-bond donors (Lipinski definition) is 0. The monoisotopic (exact) mass is 359 g/mol. The number of rotatable bonds is 6. The average molecular weight is 359 g/mol. The molecule has 0 aliphatic heterocycles. The molecule has 0 bridgehead atoms. The molecule has 0 N–H and O–H groups in total. The van der Waals surface area contributed by atoms with Crippen molar-refractivity contribution in [3.8, 4) is 5.75 Å². The lowest BCUT2D eigenvalue weighted by Gasteiger charge is -2.17. The highest BCUT2D eigenvalue weighted by molar-refractivity contribution is 7.89. The van der Waals surface area contributed by atoms with Crippen molar-refractivity contribution < 1.29 is 24.9 Å². The Bertz CT molecular complexity index is 865. The summed E-state index contributed by atoms with van der Waals surface area (Å²) in [5, 5.41) is 0. The van der Waals surface area contributed by atoms with Crippen molar-refractivity contribution in [2.45, 2.75) is 11.4 Å². The Morgan fingerprint density at radius 3 is 2.04 bits per heavy atom. The number of benzene rings is 2. The summed E-state index contributed by atoms with van der Waals surface area (Å²) < 4.78 is 63.1. The quantitative estimate of drug-likeness (QED) is 0.738. The molecule has 0 saturated heterocycles. The molecule has 0 amide bonds. The molecule has 6 nitrogen and oxygen atoms in total. The predicted molar refractivity (Wildman–Crippen MR) is 82.2 cm³/mol. The number of hydrogen-bond acceptors (Lipinski definition) is 5. The van der Waals surface area contributed by atoms with Crippen LogP contribution in [0.25, 0.3) is 0 Å². The molecule has 0 aliphatic carbocycles. The van der Waals surface area contributed by atoms with Crippen LogP contribution in [-0.4, -0.2) is 28.2 Å². The Morgan fingerprint density at radius 1 is 0.957 bits per heavy atom. The van der Waals surface area contributed by atoms with Gasteiger partial charge < -0.3 is 4.18 Å². The minimum Gasteiger partial charge on any atom is -0.358 e. The molecule has 0 spiro atoms. The molecule has 0 fully saturated rings. The van der Waals surface area contributed by atoms with Gasteiger partial charge >= 0.3 is 10.5 Å². The minimum atomic E-state index is -5.08. The summed E-state index contributed by atoms with van der Waals surface area (Å²) in [7, 11) is -7.28. The summed E-state index contributed by atoms with van der Waals surface area (Å²) in [5.41, 5.74) is 0.593. The zero-order valence-electron chi connectivity index (χ0n) is 12.1. The zero-order valence-corrected chi connectivity index (χ0v) is 13.7. The molecular weight excluding hydrogens is 345 g/mol. The number of halogens is 1. The average Bonchev–Trinajstić information content (AvgIpc) is 2.48. The summed E-state index contributed by atoms with van der Waals surface area (Å²) >= 11 is 0. The second-order valence-corrected chi connectivity index (χ2v) is 7.69. The molecule has 0 aliphatic rings. The third-order valence-electron chi connectivity index (χ3n) is 2.98. The lowest BCUT2D eigenvalue weighted by molar-refractivity contribution is 0.440. The molecule has 9 heteroatoms. The van der Waals surface area contributed by atoms with Crippen molar-refractivity contribution in [3.05, 3.63) is 60.2 Å². The van der Waals surface area contributed by atoms with Crippen LogP contribution < -0.4 is 4.18 Å². The van der Waals surface area contributed by atoms with Gasteiger partial charge in [-0.05, 0) is 29.8 Å². The van der Waals surface area contributed by atoms with E-state index in [1.165, 1.54) is 43.4 Å². The Kier molecular flexibility index (Phi) is 5.03. The molecule has 2 aromatic carbocycles. The summed E-state index contributed by atoms with van der Waals surface area (Å²) in [5.74, 6) is -0.190.